The van der Waals surface area contributed by atoms with Crippen LogP contribution in [0.25, 0.3) is 11.1 Å². The summed E-state index contributed by atoms with van der Waals surface area (Å²) in [6.07, 6.45) is 0.930. The highest BCUT2D eigenvalue weighted by atomic mass is 16.1. The fraction of sp³-hybridized carbons (Fsp3) is 0.0952. The molecule has 3 aromatic carbocycles. The predicted octanol–water partition coefficient (Wildman–Crippen LogP) is 4.82. The van der Waals surface area contributed by atoms with Crippen molar-refractivity contribution in [2.75, 3.05) is 5.32 Å². The maximum absolute atomic E-state index is 12.3. The maximum Gasteiger partial charge on any atom is 0.255 e. The highest BCUT2D eigenvalue weighted by Gasteiger charge is 2.18. The number of fused-ring (bicyclic) bond motifs is 3. The van der Waals surface area contributed by atoms with Gasteiger partial charge in [-0.15, -0.1) is 0 Å². The van der Waals surface area contributed by atoms with Gasteiger partial charge in [0.25, 0.3) is 5.91 Å². The molecule has 0 spiro atoms. The smallest absolute Gasteiger partial charge is 0.255 e. The third kappa shape index (κ3) is 2.53. The molecule has 23 heavy (non-hydrogen) atoms. The SMILES string of the molecule is Cc1ccc(C(=O)Nc2ccc3c(c2)Cc2ccccc2-3)cc1. The van der Waals surface area contributed by atoms with E-state index in [2.05, 4.69) is 41.7 Å². The van der Waals surface area contributed by atoms with E-state index < -0.39 is 0 Å². The molecule has 0 aliphatic heterocycles. The Bertz CT molecular complexity index is 894. The lowest BCUT2D eigenvalue weighted by Gasteiger charge is -2.08. The van der Waals surface area contributed by atoms with Crippen molar-refractivity contribution < 1.29 is 4.79 Å². The number of rotatable bonds is 2. The summed E-state index contributed by atoms with van der Waals surface area (Å²) in [6, 6.07) is 22.3. The Morgan fingerprint density at radius 1 is 0.870 bits per heavy atom. The highest BCUT2D eigenvalue weighted by molar-refractivity contribution is 6.04. The van der Waals surface area contributed by atoms with E-state index in [1.165, 1.54) is 22.3 Å². The second-order valence-corrected chi connectivity index (χ2v) is 6.03. The molecular formula is C21H17NO. The molecule has 1 N–H and O–H groups in total. The van der Waals surface area contributed by atoms with Crippen LogP contribution in [0.1, 0.15) is 27.0 Å². The van der Waals surface area contributed by atoms with E-state index in [4.69, 9.17) is 0 Å². The number of benzene rings is 3. The van der Waals surface area contributed by atoms with E-state index >= 15 is 0 Å². The largest absolute Gasteiger partial charge is 0.322 e. The van der Waals surface area contributed by atoms with Crippen molar-refractivity contribution >= 4 is 11.6 Å². The average molecular weight is 299 g/mol. The van der Waals surface area contributed by atoms with Crippen LogP contribution in [-0.4, -0.2) is 5.91 Å². The van der Waals surface area contributed by atoms with Crippen LogP contribution in [0, 0.1) is 6.92 Å². The van der Waals surface area contributed by atoms with Crippen molar-refractivity contribution in [1.29, 1.82) is 0 Å². The van der Waals surface area contributed by atoms with E-state index in [-0.39, 0.29) is 5.91 Å². The molecule has 112 valence electrons. The van der Waals surface area contributed by atoms with Gasteiger partial charge in [0.2, 0.25) is 0 Å². The van der Waals surface area contributed by atoms with Gasteiger partial charge in [-0.2, -0.15) is 0 Å². The van der Waals surface area contributed by atoms with E-state index in [9.17, 15) is 4.79 Å². The molecule has 1 aliphatic carbocycles. The van der Waals surface area contributed by atoms with Crippen molar-refractivity contribution in [2.24, 2.45) is 0 Å². The third-order valence-corrected chi connectivity index (χ3v) is 4.37. The van der Waals surface area contributed by atoms with Crippen LogP contribution in [0.15, 0.2) is 66.7 Å². The summed E-state index contributed by atoms with van der Waals surface area (Å²) in [5.74, 6) is -0.0690. The minimum atomic E-state index is -0.0690. The van der Waals surface area contributed by atoms with Gasteiger partial charge in [-0.3, -0.25) is 4.79 Å². The van der Waals surface area contributed by atoms with E-state index in [0.29, 0.717) is 5.56 Å². The first-order valence-corrected chi connectivity index (χ1v) is 7.80. The fourth-order valence-corrected chi connectivity index (χ4v) is 3.13. The van der Waals surface area contributed by atoms with Crippen molar-refractivity contribution in [1.82, 2.24) is 0 Å². The van der Waals surface area contributed by atoms with E-state index in [0.717, 1.165) is 17.7 Å². The first-order valence-electron chi connectivity index (χ1n) is 7.80. The van der Waals surface area contributed by atoms with Crippen molar-refractivity contribution in [3.05, 3.63) is 89.0 Å². The monoisotopic (exact) mass is 299 g/mol. The number of amides is 1. The Morgan fingerprint density at radius 3 is 2.43 bits per heavy atom. The van der Waals surface area contributed by atoms with Gasteiger partial charge >= 0.3 is 0 Å². The molecule has 0 atom stereocenters. The molecule has 3 aromatic rings. The lowest BCUT2D eigenvalue weighted by atomic mass is 10.1. The molecular weight excluding hydrogens is 282 g/mol. The molecule has 0 aromatic heterocycles. The minimum absolute atomic E-state index is 0.0690. The minimum Gasteiger partial charge on any atom is -0.322 e. The normalized spacial score (nSPS) is 11.7. The molecule has 0 saturated carbocycles. The quantitative estimate of drug-likeness (QED) is 0.565. The van der Waals surface area contributed by atoms with Gasteiger partial charge in [0, 0.05) is 11.3 Å². The molecule has 4 rings (SSSR count). The van der Waals surface area contributed by atoms with Crippen LogP contribution in [-0.2, 0) is 6.42 Å². The van der Waals surface area contributed by atoms with Gasteiger partial charge in [-0.1, -0.05) is 48.0 Å². The van der Waals surface area contributed by atoms with Crippen LogP contribution < -0.4 is 5.32 Å². The summed E-state index contributed by atoms with van der Waals surface area (Å²) in [4.78, 5) is 12.3. The fourth-order valence-electron chi connectivity index (χ4n) is 3.13. The zero-order chi connectivity index (χ0) is 15.8. The number of hydrogen-bond acceptors (Lipinski definition) is 1. The van der Waals surface area contributed by atoms with Crippen LogP contribution in [0.5, 0.6) is 0 Å². The molecule has 0 saturated heterocycles. The number of carbonyl (C=O) groups is 1. The lowest BCUT2D eigenvalue weighted by Crippen LogP contribution is -2.11. The molecule has 2 heteroatoms. The number of anilines is 1. The van der Waals surface area contributed by atoms with E-state index in [1.54, 1.807) is 0 Å². The summed E-state index contributed by atoms with van der Waals surface area (Å²) < 4.78 is 0. The second kappa shape index (κ2) is 5.40. The Morgan fingerprint density at radius 2 is 1.61 bits per heavy atom. The zero-order valence-corrected chi connectivity index (χ0v) is 13.0. The molecule has 0 fully saturated rings. The van der Waals surface area contributed by atoms with Crippen LogP contribution in [0.4, 0.5) is 5.69 Å². The third-order valence-electron chi connectivity index (χ3n) is 4.37. The Balaban J connectivity index is 1.59. The van der Waals surface area contributed by atoms with Gasteiger partial charge in [-0.25, -0.2) is 0 Å². The van der Waals surface area contributed by atoms with Crippen molar-refractivity contribution in [3.8, 4) is 11.1 Å². The number of nitrogens with one attached hydrogen (secondary N) is 1. The summed E-state index contributed by atoms with van der Waals surface area (Å²) >= 11 is 0. The summed E-state index contributed by atoms with van der Waals surface area (Å²) in [7, 11) is 0. The summed E-state index contributed by atoms with van der Waals surface area (Å²) in [5, 5.41) is 3.00. The molecule has 1 aliphatic rings. The van der Waals surface area contributed by atoms with Crippen LogP contribution in [0.2, 0.25) is 0 Å². The molecule has 1 amide bonds. The first-order chi connectivity index (χ1) is 11.2. The zero-order valence-electron chi connectivity index (χ0n) is 13.0. The molecule has 0 bridgehead atoms. The van der Waals surface area contributed by atoms with Gasteiger partial charge in [0.05, 0.1) is 0 Å². The van der Waals surface area contributed by atoms with Gasteiger partial charge in [-0.05, 0) is 59.9 Å². The standard InChI is InChI=1S/C21H17NO/c1-14-6-8-15(9-7-14)21(23)22-18-10-11-20-17(13-18)12-16-4-2-3-5-19(16)20/h2-11,13H,12H2,1H3,(H,22,23). The predicted molar refractivity (Wildman–Crippen MR) is 93.8 cm³/mol. The van der Waals surface area contributed by atoms with Gasteiger partial charge in [0.15, 0.2) is 0 Å². The topological polar surface area (TPSA) is 29.1 Å². The first kappa shape index (κ1) is 13.8. The molecule has 0 unspecified atom stereocenters. The van der Waals surface area contributed by atoms with Crippen LogP contribution in [0.3, 0.4) is 0 Å². The average Bonchev–Trinajstić information content (AvgIpc) is 2.93. The molecule has 0 radical (unpaired) electrons. The lowest BCUT2D eigenvalue weighted by molar-refractivity contribution is 0.102. The van der Waals surface area contributed by atoms with Crippen molar-refractivity contribution in [2.45, 2.75) is 13.3 Å². The Kier molecular flexibility index (Phi) is 3.23. The number of aryl methyl sites for hydroxylation is 1. The van der Waals surface area contributed by atoms with Crippen LogP contribution >= 0.6 is 0 Å². The summed E-state index contributed by atoms with van der Waals surface area (Å²) in [6.45, 7) is 2.01. The second-order valence-electron chi connectivity index (χ2n) is 6.03. The molecule has 2 nitrogen and oxygen atoms in total. The maximum atomic E-state index is 12.3. The van der Waals surface area contributed by atoms with Gasteiger partial charge in [0.1, 0.15) is 0 Å². The highest BCUT2D eigenvalue weighted by Crippen LogP contribution is 2.37. The Hall–Kier alpha value is -2.87. The summed E-state index contributed by atoms with van der Waals surface area (Å²) in [5.41, 5.74) is 7.88. The van der Waals surface area contributed by atoms with E-state index in [1.807, 2.05) is 37.3 Å². The molecule has 0 heterocycles. The number of carbonyl (C=O) groups excluding carboxylic acids is 1. The Labute approximate surface area is 135 Å². The van der Waals surface area contributed by atoms with Gasteiger partial charge < -0.3 is 5.32 Å². The van der Waals surface area contributed by atoms with Crippen molar-refractivity contribution in [3.63, 3.8) is 0 Å². The number of hydrogen-bond donors (Lipinski definition) is 1.